The minimum atomic E-state index is -1.63. The Hall–Kier alpha value is -4.23. The molecule has 2 amide bonds. The Kier molecular flexibility index (Phi) is 5.51. The van der Waals surface area contributed by atoms with Crippen molar-refractivity contribution in [2.45, 2.75) is 51.8 Å². The number of para-hydroxylation sites is 1. The van der Waals surface area contributed by atoms with Gasteiger partial charge in [0.2, 0.25) is 5.76 Å². The predicted molar refractivity (Wildman–Crippen MR) is 152 cm³/mol. The highest BCUT2D eigenvalue weighted by Crippen LogP contribution is 2.53. The molecule has 3 aliphatic rings. The van der Waals surface area contributed by atoms with Crippen LogP contribution in [0.25, 0.3) is 11.0 Å². The van der Waals surface area contributed by atoms with Crippen LogP contribution in [0.3, 0.4) is 0 Å². The van der Waals surface area contributed by atoms with Gasteiger partial charge in [0.15, 0.2) is 11.0 Å². The van der Waals surface area contributed by atoms with Gasteiger partial charge in [-0.25, -0.2) is 0 Å². The number of amides is 2. The second kappa shape index (κ2) is 8.89. The Labute approximate surface area is 232 Å². The molecule has 7 nitrogen and oxygen atoms in total. The average molecular weight is 535 g/mol. The van der Waals surface area contributed by atoms with Crippen LogP contribution in [0.4, 0.5) is 5.69 Å². The third-order valence-corrected chi connectivity index (χ3v) is 8.69. The molecule has 1 aromatic heterocycles. The van der Waals surface area contributed by atoms with E-state index < -0.39 is 11.4 Å². The Balaban J connectivity index is 1.50. The van der Waals surface area contributed by atoms with Crippen molar-refractivity contribution in [3.63, 3.8) is 0 Å². The highest BCUT2D eigenvalue weighted by atomic mass is 16.5. The summed E-state index contributed by atoms with van der Waals surface area (Å²) in [5.74, 6) is -0.835. The van der Waals surface area contributed by atoms with E-state index in [0.29, 0.717) is 35.4 Å². The molecule has 1 spiro atoms. The summed E-state index contributed by atoms with van der Waals surface area (Å²) in [5, 5.41) is 0.371. The molecule has 40 heavy (non-hydrogen) atoms. The topological polar surface area (TPSA) is 80.1 Å². The maximum Gasteiger partial charge on any atom is 0.291 e. The van der Waals surface area contributed by atoms with Crippen LogP contribution in [-0.4, -0.2) is 36.0 Å². The lowest BCUT2D eigenvalue weighted by molar-refractivity contribution is -0.126. The van der Waals surface area contributed by atoms with Crippen molar-refractivity contribution in [2.75, 3.05) is 18.1 Å². The third kappa shape index (κ3) is 3.37. The number of carbonyl (C=O) groups is 2. The fourth-order valence-electron chi connectivity index (χ4n) is 6.64. The zero-order valence-electron chi connectivity index (χ0n) is 22.8. The fourth-order valence-corrected chi connectivity index (χ4v) is 6.64. The highest BCUT2D eigenvalue weighted by Gasteiger charge is 2.65. The SMILES string of the molecule is Cc1cccc(CN2C(=O)C3(c4ccccc42)c2c(oc4cc(C)c(C)cc4c2=O)C(=O)N3CC2CCCO2)c1. The molecular weight excluding hydrogens is 504 g/mol. The minimum Gasteiger partial charge on any atom is -0.450 e. The molecule has 202 valence electrons. The van der Waals surface area contributed by atoms with Crippen LogP contribution in [0.15, 0.2) is 69.9 Å². The molecule has 2 atom stereocenters. The van der Waals surface area contributed by atoms with Gasteiger partial charge in [-0.1, -0.05) is 48.0 Å². The van der Waals surface area contributed by atoms with E-state index in [1.807, 2.05) is 69.3 Å². The summed E-state index contributed by atoms with van der Waals surface area (Å²) in [5.41, 5.74) is 3.74. The zero-order valence-corrected chi connectivity index (χ0v) is 22.8. The van der Waals surface area contributed by atoms with Gasteiger partial charge < -0.3 is 19.0 Å². The van der Waals surface area contributed by atoms with Crippen LogP contribution >= 0.6 is 0 Å². The normalized spacial score (nSPS) is 21.6. The van der Waals surface area contributed by atoms with Crippen LogP contribution < -0.4 is 10.3 Å². The summed E-state index contributed by atoms with van der Waals surface area (Å²) in [6.07, 6.45) is 1.44. The van der Waals surface area contributed by atoms with Gasteiger partial charge in [0.25, 0.3) is 11.8 Å². The number of anilines is 1. The van der Waals surface area contributed by atoms with Crippen LogP contribution in [0.1, 0.15) is 56.8 Å². The van der Waals surface area contributed by atoms with Gasteiger partial charge in [0, 0.05) is 18.7 Å². The first-order chi connectivity index (χ1) is 19.3. The first-order valence-electron chi connectivity index (χ1n) is 13.8. The van der Waals surface area contributed by atoms with E-state index in [4.69, 9.17) is 9.15 Å². The standard InChI is InChI=1S/C33H30N2O5/c1-19-8-6-9-22(14-19)17-34-26-12-5-4-11-25(26)33(32(34)38)28-29(36)24-15-20(2)21(3)16-27(24)40-30(28)31(37)35(33)18-23-10-7-13-39-23/h4-6,8-9,11-12,14-16,23H,7,10,13,17-18H2,1-3H3. The summed E-state index contributed by atoms with van der Waals surface area (Å²) < 4.78 is 12.2. The van der Waals surface area contributed by atoms with E-state index in [-0.39, 0.29) is 35.3 Å². The van der Waals surface area contributed by atoms with Crippen molar-refractivity contribution in [3.05, 3.63) is 110 Å². The van der Waals surface area contributed by atoms with E-state index in [0.717, 1.165) is 35.1 Å². The first-order valence-corrected chi connectivity index (χ1v) is 13.8. The molecule has 1 fully saturated rings. The van der Waals surface area contributed by atoms with E-state index in [2.05, 4.69) is 0 Å². The molecule has 0 radical (unpaired) electrons. The number of nitrogens with zero attached hydrogens (tertiary/aromatic N) is 2. The minimum absolute atomic E-state index is 0.0562. The Morgan fingerprint density at radius 3 is 2.52 bits per heavy atom. The van der Waals surface area contributed by atoms with Crippen molar-refractivity contribution in [3.8, 4) is 0 Å². The van der Waals surface area contributed by atoms with E-state index in [1.165, 1.54) is 0 Å². The van der Waals surface area contributed by atoms with Gasteiger partial charge >= 0.3 is 0 Å². The van der Waals surface area contributed by atoms with Crippen molar-refractivity contribution in [1.82, 2.24) is 4.90 Å². The van der Waals surface area contributed by atoms with Gasteiger partial charge in [0.05, 0.1) is 29.3 Å². The molecule has 0 bridgehead atoms. The molecule has 2 unspecified atom stereocenters. The maximum absolute atomic E-state index is 14.9. The second-order valence-corrected chi connectivity index (χ2v) is 11.2. The Bertz CT molecular complexity index is 1780. The second-order valence-electron chi connectivity index (χ2n) is 11.2. The predicted octanol–water partition coefficient (Wildman–Crippen LogP) is 5.14. The fraction of sp³-hybridized carbons (Fsp3) is 0.303. The van der Waals surface area contributed by atoms with Gasteiger partial charge in [-0.3, -0.25) is 14.4 Å². The van der Waals surface area contributed by atoms with Crippen LogP contribution in [-0.2, 0) is 21.6 Å². The van der Waals surface area contributed by atoms with Crippen molar-refractivity contribution in [2.24, 2.45) is 0 Å². The number of carbonyl (C=O) groups excluding carboxylic acids is 2. The summed E-state index contributed by atoms with van der Waals surface area (Å²) in [7, 11) is 0. The molecule has 7 rings (SSSR count). The number of ether oxygens (including phenoxy) is 1. The average Bonchev–Trinajstić information content (AvgIpc) is 3.60. The monoisotopic (exact) mass is 534 g/mol. The molecule has 3 aliphatic heterocycles. The molecule has 4 heterocycles. The highest BCUT2D eigenvalue weighted by molar-refractivity contribution is 6.17. The van der Waals surface area contributed by atoms with Crippen LogP contribution in [0.5, 0.6) is 0 Å². The smallest absolute Gasteiger partial charge is 0.291 e. The van der Waals surface area contributed by atoms with E-state index >= 15 is 0 Å². The number of hydrogen-bond acceptors (Lipinski definition) is 5. The lowest BCUT2D eigenvalue weighted by Gasteiger charge is -2.35. The number of fused-ring (bicyclic) bond motifs is 5. The van der Waals surface area contributed by atoms with Crippen molar-refractivity contribution >= 4 is 28.5 Å². The summed E-state index contributed by atoms with van der Waals surface area (Å²) in [6.45, 7) is 7.00. The molecule has 1 saturated heterocycles. The van der Waals surface area contributed by atoms with Gasteiger partial charge in [-0.2, -0.15) is 0 Å². The summed E-state index contributed by atoms with van der Waals surface area (Å²) in [6, 6.07) is 19.1. The van der Waals surface area contributed by atoms with Crippen molar-refractivity contribution in [1.29, 1.82) is 0 Å². The number of aryl methyl sites for hydroxylation is 3. The first kappa shape index (κ1) is 24.8. The van der Waals surface area contributed by atoms with Gasteiger partial charge in [-0.15, -0.1) is 0 Å². The summed E-state index contributed by atoms with van der Waals surface area (Å²) in [4.78, 5) is 46.8. The van der Waals surface area contributed by atoms with E-state index in [1.54, 1.807) is 21.9 Å². The lowest BCUT2D eigenvalue weighted by Crippen LogP contribution is -2.55. The molecule has 3 aromatic carbocycles. The molecule has 0 saturated carbocycles. The number of rotatable bonds is 4. The largest absolute Gasteiger partial charge is 0.450 e. The van der Waals surface area contributed by atoms with Crippen LogP contribution in [0, 0.1) is 20.8 Å². The summed E-state index contributed by atoms with van der Waals surface area (Å²) >= 11 is 0. The lowest BCUT2D eigenvalue weighted by atomic mass is 9.83. The van der Waals surface area contributed by atoms with Crippen molar-refractivity contribution < 1.29 is 18.7 Å². The molecule has 0 N–H and O–H groups in total. The maximum atomic E-state index is 14.9. The quantitative estimate of drug-likeness (QED) is 0.362. The molecule has 0 aliphatic carbocycles. The van der Waals surface area contributed by atoms with Gasteiger partial charge in [-0.05, 0) is 68.5 Å². The zero-order chi connectivity index (χ0) is 27.8. The Morgan fingerprint density at radius 1 is 0.950 bits per heavy atom. The Morgan fingerprint density at radius 2 is 1.75 bits per heavy atom. The molecule has 4 aromatic rings. The third-order valence-electron chi connectivity index (χ3n) is 8.69. The molecule has 7 heteroatoms. The molecular formula is C33H30N2O5. The number of hydrogen-bond donors (Lipinski definition) is 0. The van der Waals surface area contributed by atoms with Crippen LogP contribution in [0.2, 0.25) is 0 Å². The van der Waals surface area contributed by atoms with Gasteiger partial charge in [0.1, 0.15) is 5.58 Å². The number of benzene rings is 3. The van der Waals surface area contributed by atoms with E-state index in [9.17, 15) is 14.4 Å².